The Balaban J connectivity index is 2.76. The number of rotatable bonds is 7. The maximum absolute atomic E-state index is 12.6. The van der Waals surface area contributed by atoms with Gasteiger partial charge < -0.3 is 0 Å². The van der Waals surface area contributed by atoms with Crippen molar-refractivity contribution in [3.05, 3.63) is 0 Å². The first kappa shape index (κ1) is 17.2. The van der Waals surface area contributed by atoms with Crippen LogP contribution in [0.3, 0.4) is 0 Å². The molecule has 0 radical (unpaired) electrons. The predicted molar refractivity (Wildman–Crippen MR) is 80.6 cm³/mol. The molecule has 4 nitrogen and oxygen atoms in total. The third kappa shape index (κ3) is 4.59. The van der Waals surface area contributed by atoms with E-state index in [1.165, 1.54) is 0 Å². The minimum Gasteiger partial charge on any atom is -0.195 e. The highest BCUT2D eigenvalue weighted by molar-refractivity contribution is 7.86. The molecule has 1 rings (SSSR count). The number of alkyl halides is 1. The first-order chi connectivity index (χ1) is 8.95. The summed E-state index contributed by atoms with van der Waals surface area (Å²) in [5.74, 6) is 1.24. The average molecular weight is 311 g/mol. The molecule has 0 spiro atoms. The van der Waals surface area contributed by atoms with E-state index in [0.717, 1.165) is 19.3 Å². The van der Waals surface area contributed by atoms with E-state index in [9.17, 15) is 8.42 Å². The van der Waals surface area contributed by atoms with Gasteiger partial charge >= 0.3 is 0 Å². The quantitative estimate of drug-likeness (QED) is 0.678. The lowest BCUT2D eigenvalue weighted by Gasteiger charge is -2.35. The van der Waals surface area contributed by atoms with Crippen LogP contribution in [0.4, 0.5) is 0 Å². The Morgan fingerprint density at radius 1 is 1.42 bits per heavy atom. The summed E-state index contributed by atoms with van der Waals surface area (Å²) < 4.78 is 28.5. The van der Waals surface area contributed by atoms with Gasteiger partial charge in [0.15, 0.2) is 0 Å². The molecule has 1 saturated heterocycles. The van der Waals surface area contributed by atoms with E-state index in [1.807, 2.05) is 6.92 Å². The van der Waals surface area contributed by atoms with Crippen LogP contribution in [0.5, 0.6) is 0 Å². The number of nitrogens with zero attached hydrogens (tertiary/aromatic N) is 2. The normalized spacial score (nSPS) is 23.7. The van der Waals surface area contributed by atoms with Crippen molar-refractivity contribution in [2.24, 2.45) is 11.8 Å². The highest BCUT2D eigenvalue weighted by Gasteiger charge is 2.33. The van der Waals surface area contributed by atoms with Gasteiger partial charge in [0.1, 0.15) is 0 Å². The summed E-state index contributed by atoms with van der Waals surface area (Å²) in [5.41, 5.74) is 0. The van der Waals surface area contributed by atoms with E-state index in [1.54, 1.807) is 8.61 Å². The molecule has 2 unspecified atom stereocenters. The van der Waals surface area contributed by atoms with Crippen molar-refractivity contribution in [3.8, 4) is 0 Å². The second-order valence-corrected chi connectivity index (χ2v) is 7.73. The van der Waals surface area contributed by atoms with Gasteiger partial charge in [0, 0.05) is 32.1 Å². The molecular formula is C13H27ClN2O2S. The van der Waals surface area contributed by atoms with E-state index in [4.69, 9.17) is 11.6 Å². The maximum Gasteiger partial charge on any atom is 0.281 e. The molecule has 2 atom stereocenters. The lowest BCUT2D eigenvalue weighted by molar-refractivity contribution is 0.253. The fourth-order valence-corrected chi connectivity index (χ4v) is 4.50. The summed E-state index contributed by atoms with van der Waals surface area (Å²) in [7, 11) is -3.31. The van der Waals surface area contributed by atoms with Crippen LogP contribution < -0.4 is 0 Å². The SMILES string of the molecule is CCC(C)CN(CC)S(=O)(=O)N1CCCC(CCl)C1. The van der Waals surface area contributed by atoms with Crippen LogP contribution in [-0.2, 0) is 10.2 Å². The smallest absolute Gasteiger partial charge is 0.195 e. The van der Waals surface area contributed by atoms with Crippen molar-refractivity contribution in [1.82, 2.24) is 8.61 Å². The largest absolute Gasteiger partial charge is 0.281 e. The van der Waals surface area contributed by atoms with Crippen LogP contribution >= 0.6 is 11.6 Å². The van der Waals surface area contributed by atoms with Crippen molar-refractivity contribution in [1.29, 1.82) is 0 Å². The van der Waals surface area contributed by atoms with Crippen molar-refractivity contribution in [3.63, 3.8) is 0 Å². The summed E-state index contributed by atoms with van der Waals surface area (Å²) in [5, 5.41) is 0. The van der Waals surface area contributed by atoms with E-state index in [-0.39, 0.29) is 0 Å². The van der Waals surface area contributed by atoms with Gasteiger partial charge in [-0.15, -0.1) is 11.6 Å². The third-order valence-electron chi connectivity index (χ3n) is 3.92. The Morgan fingerprint density at radius 3 is 2.63 bits per heavy atom. The average Bonchev–Trinajstić information content (AvgIpc) is 2.44. The highest BCUT2D eigenvalue weighted by Crippen LogP contribution is 2.22. The van der Waals surface area contributed by atoms with Gasteiger partial charge in [-0.05, 0) is 24.7 Å². The topological polar surface area (TPSA) is 40.6 Å². The molecule has 0 aromatic rings. The molecule has 1 aliphatic heterocycles. The second kappa shape index (κ2) is 7.81. The summed E-state index contributed by atoms with van der Waals surface area (Å²) >= 11 is 5.88. The van der Waals surface area contributed by atoms with Crippen LogP contribution in [0.1, 0.15) is 40.0 Å². The fraction of sp³-hybridized carbons (Fsp3) is 1.00. The van der Waals surface area contributed by atoms with E-state index in [2.05, 4.69) is 13.8 Å². The molecule has 0 aromatic carbocycles. The second-order valence-electron chi connectivity index (χ2n) is 5.49. The molecule has 0 bridgehead atoms. The Kier molecular flexibility index (Phi) is 7.08. The van der Waals surface area contributed by atoms with E-state index >= 15 is 0 Å². The molecule has 0 N–H and O–H groups in total. The monoisotopic (exact) mass is 310 g/mol. The standard InChI is InChI=1S/C13H27ClN2O2S/c1-4-12(3)10-15(5-2)19(17,18)16-8-6-7-13(9-14)11-16/h12-13H,4-11H2,1-3H3. The van der Waals surface area contributed by atoms with Gasteiger partial charge in [0.25, 0.3) is 10.2 Å². The summed E-state index contributed by atoms with van der Waals surface area (Å²) in [6.07, 6.45) is 2.95. The lowest BCUT2D eigenvalue weighted by Crippen LogP contribution is -2.49. The number of halogens is 1. The predicted octanol–water partition coefficient (Wildman–Crippen LogP) is 2.55. The third-order valence-corrected chi connectivity index (χ3v) is 6.40. The van der Waals surface area contributed by atoms with Crippen LogP contribution in [0.15, 0.2) is 0 Å². The Bertz CT molecular complexity index is 352. The zero-order valence-electron chi connectivity index (χ0n) is 12.3. The Morgan fingerprint density at radius 2 is 2.11 bits per heavy atom. The minimum absolute atomic E-state index is 0.299. The molecule has 1 aliphatic rings. The molecular weight excluding hydrogens is 284 g/mol. The Labute approximate surface area is 123 Å². The molecule has 0 amide bonds. The number of hydrogen-bond donors (Lipinski definition) is 0. The minimum atomic E-state index is -3.31. The van der Waals surface area contributed by atoms with Gasteiger partial charge in [-0.2, -0.15) is 17.0 Å². The van der Waals surface area contributed by atoms with E-state index < -0.39 is 10.2 Å². The number of piperidine rings is 1. The highest BCUT2D eigenvalue weighted by atomic mass is 35.5. The van der Waals surface area contributed by atoms with Crippen LogP contribution in [-0.4, -0.2) is 49.1 Å². The molecule has 0 aliphatic carbocycles. The molecule has 114 valence electrons. The molecule has 0 saturated carbocycles. The van der Waals surface area contributed by atoms with Gasteiger partial charge in [-0.3, -0.25) is 0 Å². The maximum atomic E-state index is 12.6. The zero-order chi connectivity index (χ0) is 14.5. The first-order valence-electron chi connectivity index (χ1n) is 7.26. The molecule has 6 heteroatoms. The van der Waals surface area contributed by atoms with Gasteiger partial charge in [0.2, 0.25) is 0 Å². The van der Waals surface area contributed by atoms with Gasteiger partial charge in [-0.1, -0.05) is 27.2 Å². The fourth-order valence-electron chi connectivity index (χ4n) is 2.39. The summed E-state index contributed by atoms with van der Waals surface area (Å²) in [6, 6.07) is 0. The first-order valence-corrected chi connectivity index (χ1v) is 9.19. The van der Waals surface area contributed by atoms with Crippen molar-refractivity contribution in [2.45, 2.75) is 40.0 Å². The van der Waals surface area contributed by atoms with Crippen molar-refractivity contribution >= 4 is 21.8 Å². The molecule has 19 heavy (non-hydrogen) atoms. The van der Waals surface area contributed by atoms with Crippen LogP contribution in [0.25, 0.3) is 0 Å². The Hall–Kier alpha value is 0.160. The van der Waals surface area contributed by atoms with Crippen molar-refractivity contribution < 1.29 is 8.42 Å². The van der Waals surface area contributed by atoms with E-state index in [0.29, 0.717) is 43.9 Å². The van der Waals surface area contributed by atoms with Crippen LogP contribution in [0.2, 0.25) is 0 Å². The molecule has 0 aromatic heterocycles. The van der Waals surface area contributed by atoms with Gasteiger partial charge in [-0.25, -0.2) is 0 Å². The van der Waals surface area contributed by atoms with Crippen LogP contribution in [0, 0.1) is 11.8 Å². The zero-order valence-corrected chi connectivity index (χ0v) is 13.9. The lowest BCUT2D eigenvalue weighted by atomic mass is 10.0. The summed E-state index contributed by atoms with van der Waals surface area (Å²) in [4.78, 5) is 0. The van der Waals surface area contributed by atoms with Crippen molar-refractivity contribution in [2.75, 3.05) is 32.1 Å². The number of hydrogen-bond acceptors (Lipinski definition) is 2. The summed E-state index contributed by atoms with van der Waals surface area (Å²) in [6.45, 7) is 8.44. The molecule has 1 fully saturated rings. The molecule has 1 heterocycles. The van der Waals surface area contributed by atoms with Gasteiger partial charge in [0.05, 0.1) is 0 Å².